The molecule has 31 heavy (non-hydrogen) atoms. The minimum atomic E-state index is -1.46. The molecule has 0 radical (unpaired) electrons. The molecule has 2 unspecified atom stereocenters. The van der Waals surface area contributed by atoms with E-state index in [-0.39, 0.29) is 29.3 Å². The van der Waals surface area contributed by atoms with E-state index in [1.54, 1.807) is 47.5 Å². The lowest BCUT2D eigenvalue weighted by Gasteiger charge is -2.33. The summed E-state index contributed by atoms with van der Waals surface area (Å²) in [6, 6.07) is 13.9. The van der Waals surface area contributed by atoms with Gasteiger partial charge in [0.2, 0.25) is 5.91 Å². The Morgan fingerprint density at radius 2 is 1.90 bits per heavy atom. The van der Waals surface area contributed by atoms with Crippen molar-refractivity contribution in [3.63, 3.8) is 0 Å². The zero-order valence-electron chi connectivity index (χ0n) is 16.6. The van der Waals surface area contributed by atoms with Crippen LogP contribution in [0.1, 0.15) is 17.4 Å². The van der Waals surface area contributed by atoms with E-state index in [0.29, 0.717) is 31.1 Å². The molecule has 0 N–H and O–H groups in total. The maximum Gasteiger partial charge on any atom is 0.235 e. The third-order valence-corrected chi connectivity index (χ3v) is 6.18. The highest BCUT2D eigenvalue weighted by Gasteiger charge is 2.26. The molecule has 162 valence electrons. The molecule has 4 rings (SSSR count). The number of aromatic nitrogens is 2. The number of para-hydroxylation sites is 1. The van der Waals surface area contributed by atoms with Crippen LogP contribution < -0.4 is 0 Å². The van der Waals surface area contributed by atoms with Gasteiger partial charge in [-0.3, -0.25) is 9.00 Å². The molecule has 1 saturated heterocycles. The molecule has 0 bridgehead atoms. The van der Waals surface area contributed by atoms with Crippen LogP contribution in [-0.2, 0) is 26.1 Å². The number of rotatable bonds is 6. The van der Waals surface area contributed by atoms with Crippen molar-refractivity contribution in [3.8, 4) is 5.69 Å². The Morgan fingerprint density at radius 1 is 1.13 bits per heavy atom. The number of carbonyl (C=O) groups excluding carboxylic acids is 1. The number of carbonyl (C=O) groups is 1. The van der Waals surface area contributed by atoms with Crippen LogP contribution in [-0.4, -0.2) is 50.2 Å². The number of amides is 1. The first-order chi connectivity index (χ1) is 15.0. The Morgan fingerprint density at radius 3 is 2.68 bits per heavy atom. The highest BCUT2D eigenvalue weighted by Crippen LogP contribution is 2.22. The minimum absolute atomic E-state index is 0.0962. The predicted molar refractivity (Wildman–Crippen MR) is 112 cm³/mol. The van der Waals surface area contributed by atoms with Gasteiger partial charge >= 0.3 is 0 Å². The lowest BCUT2D eigenvalue weighted by Crippen LogP contribution is -2.44. The highest BCUT2D eigenvalue weighted by atomic mass is 32.2. The summed E-state index contributed by atoms with van der Waals surface area (Å²) in [5.74, 6) is -1.01. The van der Waals surface area contributed by atoms with Crippen molar-refractivity contribution in [1.82, 2.24) is 14.7 Å². The average molecular weight is 445 g/mol. The summed E-state index contributed by atoms with van der Waals surface area (Å²) in [7, 11) is -1.46. The van der Waals surface area contributed by atoms with Crippen molar-refractivity contribution in [2.45, 2.75) is 11.9 Å². The molecule has 0 saturated carbocycles. The molecular weight excluding hydrogens is 424 g/mol. The Kier molecular flexibility index (Phi) is 6.53. The van der Waals surface area contributed by atoms with Gasteiger partial charge in [0.1, 0.15) is 29.2 Å². The summed E-state index contributed by atoms with van der Waals surface area (Å²) < 4.78 is 46.7. The van der Waals surface area contributed by atoms with Crippen LogP contribution in [0.25, 0.3) is 5.69 Å². The monoisotopic (exact) mass is 445 g/mol. The molecule has 1 aliphatic rings. The number of ether oxygens (including phenoxy) is 1. The lowest BCUT2D eigenvalue weighted by atomic mass is 10.1. The van der Waals surface area contributed by atoms with E-state index in [2.05, 4.69) is 5.10 Å². The summed E-state index contributed by atoms with van der Waals surface area (Å²) in [6.07, 6.45) is 1.25. The van der Waals surface area contributed by atoms with Crippen LogP contribution in [0.15, 0.2) is 60.8 Å². The third-order valence-electron chi connectivity index (χ3n) is 5.00. The first-order valence-corrected chi connectivity index (χ1v) is 11.3. The summed E-state index contributed by atoms with van der Waals surface area (Å²) in [5.41, 5.74) is 1.61. The predicted octanol–water partition coefficient (Wildman–Crippen LogP) is 3.00. The standard InChI is InChI=1S/C22H21F2N3O3S/c23-17-7-5-16(6-8-17)21-13-26(11-12-30-21)22(28)15-31(29)14-18-9-10-27(25-18)20-4-2-1-3-19(20)24/h1-10,21H,11-15H2. The van der Waals surface area contributed by atoms with Gasteiger partial charge in [0.25, 0.3) is 0 Å². The average Bonchev–Trinajstić information content (AvgIpc) is 3.22. The number of benzene rings is 2. The number of nitrogens with zero attached hydrogens (tertiary/aromatic N) is 3. The number of hydrogen-bond donors (Lipinski definition) is 0. The van der Waals surface area contributed by atoms with Crippen LogP contribution >= 0.6 is 0 Å². The fraction of sp³-hybridized carbons (Fsp3) is 0.273. The molecule has 2 aromatic carbocycles. The Labute approximate surface area is 180 Å². The largest absolute Gasteiger partial charge is 0.370 e. The van der Waals surface area contributed by atoms with Crippen molar-refractivity contribution >= 4 is 16.7 Å². The van der Waals surface area contributed by atoms with Crippen molar-refractivity contribution in [1.29, 1.82) is 0 Å². The number of halogens is 2. The van der Waals surface area contributed by atoms with Crippen molar-refractivity contribution < 1.29 is 22.5 Å². The van der Waals surface area contributed by atoms with E-state index < -0.39 is 16.6 Å². The Bertz CT molecular complexity index is 1090. The quantitative estimate of drug-likeness (QED) is 0.585. The van der Waals surface area contributed by atoms with Gasteiger partial charge in [0.05, 0.1) is 24.6 Å². The molecule has 1 amide bonds. The first-order valence-electron chi connectivity index (χ1n) is 9.79. The molecule has 6 nitrogen and oxygen atoms in total. The van der Waals surface area contributed by atoms with Crippen LogP contribution in [0.4, 0.5) is 8.78 Å². The molecular formula is C22H21F2N3O3S. The molecule has 0 spiro atoms. The topological polar surface area (TPSA) is 64.4 Å². The van der Waals surface area contributed by atoms with E-state index in [1.165, 1.54) is 22.9 Å². The normalized spacial score (nSPS) is 17.5. The molecule has 1 aromatic heterocycles. The van der Waals surface area contributed by atoms with Gasteiger partial charge < -0.3 is 9.64 Å². The van der Waals surface area contributed by atoms with Gasteiger partial charge in [0.15, 0.2) is 0 Å². The number of morpholine rings is 1. The second-order valence-electron chi connectivity index (χ2n) is 7.18. The van der Waals surface area contributed by atoms with E-state index >= 15 is 0 Å². The fourth-order valence-electron chi connectivity index (χ4n) is 3.41. The van der Waals surface area contributed by atoms with E-state index in [4.69, 9.17) is 4.74 Å². The van der Waals surface area contributed by atoms with Crippen molar-refractivity contribution in [3.05, 3.63) is 83.7 Å². The zero-order chi connectivity index (χ0) is 21.8. The van der Waals surface area contributed by atoms with Gasteiger partial charge in [-0.2, -0.15) is 5.10 Å². The fourth-order valence-corrected chi connectivity index (χ4v) is 4.45. The molecule has 1 fully saturated rings. The first kappa shape index (κ1) is 21.3. The summed E-state index contributed by atoms with van der Waals surface area (Å²) in [4.78, 5) is 14.3. The van der Waals surface area contributed by atoms with Gasteiger partial charge in [0, 0.05) is 23.5 Å². The van der Waals surface area contributed by atoms with Crippen LogP contribution in [0, 0.1) is 11.6 Å². The lowest BCUT2D eigenvalue weighted by molar-refractivity contribution is -0.136. The molecule has 2 heterocycles. The van der Waals surface area contributed by atoms with E-state index in [9.17, 15) is 17.8 Å². The Balaban J connectivity index is 1.34. The summed E-state index contributed by atoms with van der Waals surface area (Å²) in [6.45, 7) is 1.09. The van der Waals surface area contributed by atoms with Crippen LogP contribution in [0.3, 0.4) is 0 Å². The van der Waals surface area contributed by atoms with E-state index in [0.717, 1.165) is 5.56 Å². The highest BCUT2D eigenvalue weighted by molar-refractivity contribution is 7.84. The smallest absolute Gasteiger partial charge is 0.235 e. The van der Waals surface area contributed by atoms with Crippen LogP contribution in [0.5, 0.6) is 0 Å². The van der Waals surface area contributed by atoms with Gasteiger partial charge in [-0.15, -0.1) is 0 Å². The van der Waals surface area contributed by atoms with Crippen molar-refractivity contribution in [2.24, 2.45) is 0 Å². The molecule has 2 atom stereocenters. The van der Waals surface area contributed by atoms with Gasteiger partial charge in [-0.05, 0) is 35.9 Å². The maximum atomic E-state index is 13.9. The number of hydrogen-bond acceptors (Lipinski definition) is 4. The minimum Gasteiger partial charge on any atom is -0.370 e. The molecule has 3 aromatic rings. The maximum absolute atomic E-state index is 13.9. The zero-order valence-corrected chi connectivity index (χ0v) is 17.4. The molecule has 1 aliphatic heterocycles. The van der Waals surface area contributed by atoms with E-state index in [1.807, 2.05) is 0 Å². The molecule has 0 aliphatic carbocycles. The van der Waals surface area contributed by atoms with Crippen LogP contribution in [0.2, 0.25) is 0 Å². The summed E-state index contributed by atoms with van der Waals surface area (Å²) >= 11 is 0. The second-order valence-corrected chi connectivity index (χ2v) is 8.64. The third kappa shape index (κ3) is 5.23. The second kappa shape index (κ2) is 9.49. The summed E-state index contributed by atoms with van der Waals surface area (Å²) in [5, 5.41) is 4.27. The Hall–Kier alpha value is -2.91. The SMILES string of the molecule is O=C(CS(=O)Cc1ccn(-c2ccccc2F)n1)N1CCOC(c2ccc(F)cc2)C1. The van der Waals surface area contributed by atoms with Crippen molar-refractivity contribution in [2.75, 3.05) is 25.4 Å². The van der Waals surface area contributed by atoms with Gasteiger partial charge in [-0.1, -0.05) is 24.3 Å². The van der Waals surface area contributed by atoms with Gasteiger partial charge in [-0.25, -0.2) is 13.5 Å². The molecule has 9 heteroatoms.